The third-order valence-electron chi connectivity index (χ3n) is 2.71. The van der Waals surface area contributed by atoms with Crippen LogP contribution in [0.5, 0.6) is 0 Å². The molecule has 0 radical (unpaired) electrons. The highest BCUT2D eigenvalue weighted by Gasteiger charge is 2.19. The fourth-order valence-corrected chi connectivity index (χ4v) is 3.46. The zero-order chi connectivity index (χ0) is 15.6. The van der Waals surface area contributed by atoms with E-state index in [1.165, 1.54) is 18.2 Å². The Balaban J connectivity index is 2.42. The van der Waals surface area contributed by atoms with Gasteiger partial charge in [-0.3, -0.25) is 4.72 Å². The van der Waals surface area contributed by atoms with Crippen LogP contribution in [-0.4, -0.2) is 8.42 Å². The Kier molecular flexibility index (Phi) is 4.88. The summed E-state index contributed by atoms with van der Waals surface area (Å²) in [7, 11) is -3.95. The van der Waals surface area contributed by atoms with Gasteiger partial charge in [0.2, 0.25) is 0 Å². The first-order chi connectivity index (χ1) is 9.83. The van der Waals surface area contributed by atoms with E-state index >= 15 is 0 Å². The summed E-state index contributed by atoms with van der Waals surface area (Å²) >= 11 is 9.12. The molecule has 2 aromatic rings. The van der Waals surface area contributed by atoms with Crippen LogP contribution in [0, 0.1) is 5.82 Å². The van der Waals surface area contributed by atoms with Gasteiger partial charge in [0.1, 0.15) is 5.82 Å². The fourth-order valence-electron chi connectivity index (χ4n) is 1.72. The van der Waals surface area contributed by atoms with Gasteiger partial charge < -0.3 is 5.73 Å². The molecule has 3 N–H and O–H groups in total. The maximum atomic E-state index is 13.3. The van der Waals surface area contributed by atoms with Crippen molar-refractivity contribution in [3.8, 4) is 0 Å². The van der Waals surface area contributed by atoms with Gasteiger partial charge in [-0.05, 0) is 51.8 Å². The maximum absolute atomic E-state index is 13.3. The molecule has 0 atom stereocenters. The van der Waals surface area contributed by atoms with Gasteiger partial charge in [-0.1, -0.05) is 17.7 Å². The standard InChI is InChI=1S/C13H11BrClFN2O2S/c14-11-4-3-10(6-12(11)15)18-21(19,20)13-5-9(16)2-1-8(13)7-17/h1-6,18H,7,17H2. The smallest absolute Gasteiger partial charge is 0.262 e. The van der Waals surface area contributed by atoms with E-state index in [1.54, 1.807) is 6.07 Å². The van der Waals surface area contributed by atoms with Crippen molar-refractivity contribution >= 4 is 43.2 Å². The number of nitrogens with two attached hydrogens (primary N) is 1. The van der Waals surface area contributed by atoms with Gasteiger partial charge in [0, 0.05) is 11.0 Å². The molecular weight excluding hydrogens is 383 g/mol. The van der Waals surface area contributed by atoms with Gasteiger partial charge in [-0.25, -0.2) is 12.8 Å². The van der Waals surface area contributed by atoms with Crippen molar-refractivity contribution in [2.75, 3.05) is 4.72 Å². The highest BCUT2D eigenvalue weighted by atomic mass is 79.9. The first kappa shape index (κ1) is 16.2. The SMILES string of the molecule is NCc1ccc(F)cc1S(=O)(=O)Nc1ccc(Br)c(Cl)c1. The van der Waals surface area contributed by atoms with Crippen molar-refractivity contribution in [1.29, 1.82) is 0 Å². The minimum atomic E-state index is -3.95. The average Bonchev–Trinajstić information content (AvgIpc) is 2.42. The minimum Gasteiger partial charge on any atom is -0.326 e. The Morgan fingerprint density at radius 2 is 1.95 bits per heavy atom. The molecule has 0 fully saturated rings. The van der Waals surface area contributed by atoms with Crippen LogP contribution in [0.2, 0.25) is 5.02 Å². The summed E-state index contributed by atoms with van der Waals surface area (Å²) in [6, 6.07) is 8.04. The lowest BCUT2D eigenvalue weighted by molar-refractivity contribution is 0.593. The molecule has 0 heterocycles. The van der Waals surface area contributed by atoms with E-state index in [-0.39, 0.29) is 17.1 Å². The predicted molar refractivity (Wildman–Crippen MR) is 84.3 cm³/mol. The molecule has 0 aromatic heterocycles. The van der Waals surface area contributed by atoms with Crippen molar-refractivity contribution in [1.82, 2.24) is 0 Å². The largest absolute Gasteiger partial charge is 0.326 e. The normalized spacial score (nSPS) is 11.4. The lowest BCUT2D eigenvalue weighted by atomic mass is 10.2. The van der Waals surface area contributed by atoms with E-state index in [2.05, 4.69) is 20.7 Å². The summed E-state index contributed by atoms with van der Waals surface area (Å²) in [5.74, 6) is -0.651. The average molecular weight is 394 g/mol. The Hall–Kier alpha value is -1.15. The summed E-state index contributed by atoms with van der Waals surface area (Å²) < 4.78 is 41.0. The topological polar surface area (TPSA) is 72.2 Å². The van der Waals surface area contributed by atoms with Crippen LogP contribution in [0.4, 0.5) is 10.1 Å². The number of benzene rings is 2. The van der Waals surface area contributed by atoms with E-state index in [9.17, 15) is 12.8 Å². The zero-order valence-corrected chi connectivity index (χ0v) is 13.8. The maximum Gasteiger partial charge on any atom is 0.262 e. The molecule has 0 aliphatic rings. The summed E-state index contributed by atoms with van der Waals surface area (Å²) in [6.07, 6.45) is 0. The van der Waals surface area contributed by atoms with Crippen LogP contribution in [0.25, 0.3) is 0 Å². The van der Waals surface area contributed by atoms with Crippen LogP contribution in [0.1, 0.15) is 5.56 Å². The predicted octanol–water partition coefficient (Wildman–Crippen LogP) is 3.50. The molecule has 0 bridgehead atoms. The molecule has 0 amide bonds. The van der Waals surface area contributed by atoms with Gasteiger partial charge in [0.05, 0.1) is 15.6 Å². The lowest BCUT2D eigenvalue weighted by Crippen LogP contribution is -2.16. The van der Waals surface area contributed by atoms with Crippen molar-refractivity contribution < 1.29 is 12.8 Å². The second kappa shape index (κ2) is 6.31. The van der Waals surface area contributed by atoms with E-state index in [1.807, 2.05) is 0 Å². The molecule has 112 valence electrons. The summed E-state index contributed by atoms with van der Waals surface area (Å²) in [5.41, 5.74) is 6.09. The van der Waals surface area contributed by atoms with Crippen LogP contribution in [-0.2, 0) is 16.6 Å². The summed E-state index contributed by atoms with van der Waals surface area (Å²) in [5, 5.41) is 0.355. The summed E-state index contributed by atoms with van der Waals surface area (Å²) in [4.78, 5) is -0.191. The molecule has 2 aromatic carbocycles. The van der Waals surface area contributed by atoms with E-state index < -0.39 is 15.8 Å². The third kappa shape index (κ3) is 3.74. The number of sulfonamides is 1. The van der Waals surface area contributed by atoms with Crippen molar-refractivity contribution in [3.63, 3.8) is 0 Å². The molecular formula is C13H11BrClFN2O2S. The Morgan fingerprint density at radius 3 is 2.57 bits per heavy atom. The second-order valence-corrected chi connectivity index (χ2v) is 7.10. The Morgan fingerprint density at radius 1 is 1.24 bits per heavy atom. The Bertz CT molecular complexity index is 784. The highest BCUT2D eigenvalue weighted by molar-refractivity contribution is 9.10. The van der Waals surface area contributed by atoms with Gasteiger partial charge in [0.25, 0.3) is 10.0 Å². The van der Waals surface area contributed by atoms with Gasteiger partial charge in [-0.15, -0.1) is 0 Å². The summed E-state index contributed by atoms with van der Waals surface area (Å²) in [6.45, 7) is -0.0163. The molecule has 0 saturated heterocycles. The first-order valence-corrected chi connectivity index (χ1v) is 8.45. The molecule has 2 rings (SSSR count). The molecule has 0 unspecified atom stereocenters. The highest BCUT2D eigenvalue weighted by Crippen LogP contribution is 2.27. The van der Waals surface area contributed by atoms with Gasteiger partial charge >= 0.3 is 0 Å². The molecule has 21 heavy (non-hydrogen) atoms. The van der Waals surface area contributed by atoms with Crippen LogP contribution < -0.4 is 10.5 Å². The van der Waals surface area contributed by atoms with Crippen molar-refractivity contribution in [3.05, 3.63) is 57.3 Å². The number of halogens is 3. The van der Waals surface area contributed by atoms with Crippen molar-refractivity contribution in [2.24, 2.45) is 5.73 Å². The molecule has 0 saturated carbocycles. The quantitative estimate of drug-likeness (QED) is 0.835. The molecule has 0 spiro atoms. The number of hydrogen-bond donors (Lipinski definition) is 2. The van der Waals surface area contributed by atoms with E-state index in [0.29, 0.717) is 15.1 Å². The second-order valence-electron chi connectivity index (χ2n) is 4.19. The number of rotatable bonds is 4. The third-order valence-corrected chi connectivity index (χ3v) is 5.41. The van der Waals surface area contributed by atoms with Crippen LogP contribution in [0.3, 0.4) is 0 Å². The van der Waals surface area contributed by atoms with Crippen LogP contribution in [0.15, 0.2) is 45.8 Å². The molecule has 8 heteroatoms. The van der Waals surface area contributed by atoms with Crippen molar-refractivity contribution in [2.45, 2.75) is 11.4 Å². The monoisotopic (exact) mass is 392 g/mol. The van der Waals surface area contributed by atoms with Crippen LogP contribution >= 0.6 is 27.5 Å². The molecule has 0 aliphatic carbocycles. The number of anilines is 1. The molecule has 4 nitrogen and oxygen atoms in total. The Labute approximate surface area is 135 Å². The van der Waals surface area contributed by atoms with E-state index in [4.69, 9.17) is 17.3 Å². The number of nitrogens with one attached hydrogen (secondary N) is 1. The van der Waals surface area contributed by atoms with Gasteiger partial charge in [0.15, 0.2) is 0 Å². The number of hydrogen-bond acceptors (Lipinski definition) is 3. The molecule has 0 aliphatic heterocycles. The lowest BCUT2D eigenvalue weighted by Gasteiger charge is -2.12. The first-order valence-electron chi connectivity index (χ1n) is 5.80. The fraction of sp³-hybridized carbons (Fsp3) is 0.0769. The van der Waals surface area contributed by atoms with E-state index in [0.717, 1.165) is 12.1 Å². The zero-order valence-electron chi connectivity index (χ0n) is 10.6. The minimum absolute atomic E-state index is 0.0163. The van der Waals surface area contributed by atoms with Gasteiger partial charge in [-0.2, -0.15) is 0 Å².